The smallest absolute Gasteiger partial charge is 0.141 e. The standard InChI is InChI=1S/C17H20Cl2N4O2/c1-17(2,3)16(22-24)14(23-9-20-8-21-23)7-12-5-10-4-11(18)6-13(19)15(10)25-12/h4,6,8-9,12,14,24H,5,7H2,1-3H3. The molecule has 1 aromatic carbocycles. The Balaban J connectivity index is 1.87. The topological polar surface area (TPSA) is 72.5 Å². The number of aromatic nitrogens is 3. The molecule has 0 aliphatic carbocycles. The van der Waals surface area contributed by atoms with Crippen LogP contribution < -0.4 is 4.74 Å². The van der Waals surface area contributed by atoms with E-state index in [4.69, 9.17) is 27.9 Å². The van der Waals surface area contributed by atoms with Crippen LogP contribution in [0.4, 0.5) is 0 Å². The lowest BCUT2D eigenvalue weighted by molar-refractivity contribution is 0.201. The lowest BCUT2D eigenvalue weighted by Gasteiger charge is -2.29. The first-order valence-corrected chi connectivity index (χ1v) is 8.76. The van der Waals surface area contributed by atoms with Crippen molar-refractivity contribution in [1.82, 2.24) is 14.8 Å². The molecule has 0 saturated carbocycles. The zero-order valence-electron chi connectivity index (χ0n) is 14.3. The zero-order valence-corrected chi connectivity index (χ0v) is 15.8. The highest BCUT2D eigenvalue weighted by Crippen LogP contribution is 2.40. The van der Waals surface area contributed by atoms with Crippen molar-refractivity contribution in [3.63, 3.8) is 0 Å². The molecule has 0 saturated heterocycles. The highest BCUT2D eigenvalue weighted by Gasteiger charge is 2.35. The van der Waals surface area contributed by atoms with Crippen LogP contribution in [0.15, 0.2) is 29.9 Å². The third-order valence-corrected chi connectivity index (χ3v) is 4.75. The van der Waals surface area contributed by atoms with Crippen molar-refractivity contribution in [3.05, 3.63) is 40.4 Å². The summed E-state index contributed by atoms with van der Waals surface area (Å²) in [6, 6.07) is 3.27. The molecule has 1 aliphatic heterocycles. The molecule has 3 rings (SSSR count). The van der Waals surface area contributed by atoms with E-state index in [1.807, 2.05) is 26.8 Å². The summed E-state index contributed by atoms with van der Waals surface area (Å²) in [6.07, 6.45) is 4.21. The van der Waals surface area contributed by atoms with Crippen molar-refractivity contribution in [1.29, 1.82) is 0 Å². The predicted octanol–water partition coefficient (Wildman–Crippen LogP) is 4.40. The summed E-state index contributed by atoms with van der Waals surface area (Å²) in [5.74, 6) is 0.673. The average Bonchev–Trinajstić information content (AvgIpc) is 3.14. The molecule has 1 aromatic heterocycles. The molecular formula is C17H20Cl2N4O2. The van der Waals surface area contributed by atoms with E-state index in [1.165, 1.54) is 6.33 Å². The Hall–Kier alpha value is -1.79. The van der Waals surface area contributed by atoms with Crippen LogP contribution in [0.2, 0.25) is 10.0 Å². The maximum atomic E-state index is 9.61. The molecule has 8 heteroatoms. The van der Waals surface area contributed by atoms with E-state index in [-0.39, 0.29) is 17.6 Å². The molecule has 1 aliphatic rings. The van der Waals surface area contributed by atoms with E-state index < -0.39 is 0 Å². The van der Waals surface area contributed by atoms with E-state index in [9.17, 15) is 5.21 Å². The summed E-state index contributed by atoms with van der Waals surface area (Å²) in [5, 5.41) is 18.5. The molecule has 0 bridgehead atoms. The molecule has 6 nitrogen and oxygen atoms in total. The number of oxime groups is 1. The number of halogens is 2. The summed E-state index contributed by atoms with van der Waals surface area (Å²) < 4.78 is 7.74. The van der Waals surface area contributed by atoms with Crippen molar-refractivity contribution >= 4 is 28.9 Å². The van der Waals surface area contributed by atoms with Crippen molar-refractivity contribution < 1.29 is 9.94 Å². The number of fused-ring (bicyclic) bond motifs is 1. The van der Waals surface area contributed by atoms with Crippen molar-refractivity contribution in [3.8, 4) is 5.75 Å². The highest BCUT2D eigenvalue weighted by atomic mass is 35.5. The van der Waals surface area contributed by atoms with Crippen LogP contribution in [0.5, 0.6) is 5.75 Å². The highest BCUT2D eigenvalue weighted by molar-refractivity contribution is 6.35. The summed E-state index contributed by atoms with van der Waals surface area (Å²) in [4.78, 5) is 4.02. The van der Waals surface area contributed by atoms with Gasteiger partial charge in [0.15, 0.2) is 0 Å². The third kappa shape index (κ3) is 3.75. The second-order valence-corrected chi connectivity index (χ2v) is 8.03. The van der Waals surface area contributed by atoms with Gasteiger partial charge in [-0.05, 0) is 12.1 Å². The fourth-order valence-electron chi connectivity index (χ4n) is 3.17. The van der Waals surface area contributed by atoms with Crippen LogP contribution in [-0.2, 0) is 6.42 Å². The fourth-order valence-corrected chi connectivity index (χ4v) is 3.75. The number of hydrogen-bond donors (Lipinski definition) is 1. The van der Waals surface area contributed by atoms with Gasteiger partial charge in [-0.25, -0.2) is 9.67 Å². The van der Waals surface area contributed by atoms with Gasteiger partial charge in [-0.3, -0.25) is 0 Å². The molecule has 2 atom stereocenters. The first-order chi connectivity index (χ1) is 11.8. The first-order valence-electron chi connectivity index (χ1n) is 8.00. The van der Waals surface area contributed by atoms with Crippen LogP contribution in [-0.4, -0.2) is 31.8 Å². The van der Waals surface area contributed by atoms with Crippen molar-refractivity contribution in [2.75, 3.05) is 0 Å². The van der Waals surface area contributed by atoms with E-state index in [0.29, 0.717) is 34.3 Å². The first kappa shape index (κ1) is 18.0. The largest absolute Gasteiger partial charge is 0.488 e. The van der Waals surface area contributed by atoms with Gasteiger partial charge in [0, 0.05) is 28.8 Å². The quantitative estimate of drug-likeness (QED) is 0.483. The summed E-state index contributed by atoms with van der Waals surface area (Å²) >= 11 is 12.3. The van der Waals surface area contributed by atoms with Gasteiger partial charge in [-0.2, -0.15) is 5.10 Å². The Morgan fingerprint density at radius 2 is 2.20 bits per heavy atom. The van der Waals surface area contributed by atoms with E-state index >= 15 is 0 Å². The molecule has 0 radical (unpaired) electrons. The molecule has 2 heterocycles. The van der Waals surface area contributed by atoms with Crippen LogP contribution in [0.25, 0.3) is 0 Å². The SMILES string of the molecule is CC(C)(C)C(=NO)C(CC1Cc2cc(Cl)cc(Cl)c2O1)n1cncn1. The number of nitrogens with zero attached hydrogens (tertiary/aromatic N) is 4. The molecule has 1 N–H and O–H groups in total. The van der Waals surface area contributed by atoms with Gasteiger partial charge >= 0.3 is 0 Å². The maximum absolute atomic E-state index is 9.61. The molecule has 0 amide bonds. The van der Waals surface area contributed by atoms with Crippen LogP contribution in [0.3, 0.4) is 0 Å². The molecular weight excluding hydrogens is 363 g/mol. The molecule has 2 aromatic rings. The van der Waals surface area contributed by atoms with Gasteiger partial charge in [0.25, 0.3) is 0 Å². The van der Waals surface area contributed by atoms with Gasteiger partial charge in [0.05, 0.1) is 16.8 Å². The predicted molar refractivity (Wildman–Crippen MR) is 96.9 cm³/mol. The second-order valence-electron chi connectivity index (χ2n) is 7.18. The Morgan fingerprint density at radius 3 is 2.80 bits per heavy atom. The number of benzene rings is 1. The molecule has 0 spiro atoms. The zero-order chi connectivity index (χ0) is 18.2. The molecule has 134 valence electrons. The van der Waals surface area contributed by atoms with E-state index in [2.05, 4.69) is 15.2 Å². The van der Waals surface area contributed by atoms with Crippen LogP contribution in [0, 0.1) is 5.41 Å². The fraction of sp³-hybridized carbons (Fsp3) is 0.471. The Bertz CT molecular complexity index is 785. The number of ether oxygens (including phenoxy) is 1. The molecule has 25 heavy (non-hydrogen) atoms. The van der Waals surface area contributed by atoms with Gasteiger partial charge in [-0.15, -0.1) is 0 Å². The normalized spacial score (nSPS) is 18.8. The summed E-state index contributed by atoms with van der Waals surface area (Å²) in [6.45, 7) is 5.98. The van der Waals surface area contributed by atoms with Crippen LogP contribution >= 0.6 is 23.2 Å². The molecule has 2 unspecified atom stereocenters. The van der Waals surface area contributed by atoms with Gasteiger partial charge < -0.3 is 9.94 Å². The second kappa shape index (κ2) is 6.84. The lowest BCUT2D eigenvalue weighted by atomic mass is 9.83. The summed E-state index contributed by atoms with van der Waals surface area (Å²) in [5.41, 5.74) is 1.26. The monoisotopic (exact) mass is 382 g/mol. The Labute approximate surface area is 156 Å². The van der Waals surface area contributed by atoms with Crippen molar-refractivity contribution in [2.24, 2.45) is 10.6 Å². The number of rotatable bonds is 4. The minimum absolute atomic E-state index is 0.126. The average molecular weight is 383 g/mol. The Morgan fingerprint density at radius 1 is 1.44 bits per heavy atom. The minimum atomic E-state index is -0.336. The minimum Gasteiger partial charge on any atom is -0.488 e. The summed E-state index contributed by atoms with van der Waals surface area (Å²) in [7, 11) is 0. The van der Waals surface area contributed by atoms with E-state index in [1.54, 1.807) is 17.1 Å². The van der Waals surface area contributed by atoms with Gasteiger partial charge in [0.2, 0.25) is 0 Å². The van der Waals surface area contributed by atoms with Gasteiger partial charge in [0.1, 0.15) is 24.5 Å². The van der Waals surface area contributed by atoms with Gasteiger partial charge in [-0.1, -0.05) is 49.1 Å². The lowest BCUT2D eigenvalue weighted by Crippen LogP contribution is -2.34. The molecule has 0 fully saturated rings. The third-order valence-electron chi connectivity index (χ3n) is 4.25. The van der Waals surface area contributed by atoms with Crippen molar-refractivity contribution in [2.45, 2.75) is 45.8 Å². The number of hydrogen-bond acceptors (Lipinski definition) is 5. The maximum Gasteiger partial charge on any atom is 0.141 e. The Kier molecular flexibility index (Phi) is 4.93. The van der Waals surface area contributed by atoms with Crippen LogP contribution in [0.1, 0.15) is 38.8 Å². The van der Waals surface area contributed by atoms with E-state index in [0.717, 1.165) is 5.56 Å².